The molecule has 0 spiro atoms. The van der Waals surface area contributed by atoms with E-state index in [0.29, 0.717) is 0 Å². The molecule has 0 amide bonds. The highest BCUT2D eigenvalue weighted by Crippen LogP contribution is 2.23. The van der Waals surface area contributed by atoms with Crippen molar-refractivity contribution < 1.29 is 0 Å². The third kappa shape index (κ3) is 4.12. The molecule has 3 aromatic heterocycles. The van der Waals surface area contributed by atoms with E-state index >= 15 is 0 Å². The first-order valence-corrected chi connectivity index (χ1v) is 13.1. The molecule has 0 aromatic carbocycles. The minimum Gasteiger partial charge on any atom is -0.359 e. The average molecular weight is 484 g/mol. The summed E-state index contributed by atoms with van der Waals surface area (Å²) in [6.07, 6.45) is 15.4. The highest BCUT2D eigenvalue weighted by atomic mass is 15.3. The maximum atomic E-state index is 3.78. The van der Waals surface area contributed by atoms with Crippen LogP contribution >= 0.6 is 0 Å². The third-order valence-corrected chi connectivity index (χ3v) is 7.83. The molecular formula is C29H37N7. The smallest absolute Gasteiger partial charge is 0.0941 e. The molecule has 3 N–H and O–H groups in total. The van der Waals surface area contributed by atoms with E-state index in [9.17, 15) is 0 Å². The Balaban J connectivity index is 1.44. The zero-order valence-electron chi connectivity index (χ0n) is 21.9. The third-order valence-electron chi connectivity index (χ3n) is 7.83. The second-order valence-corrected chi connectivity index (χ2v) is 10.3. The molecule has 6 heterocycles. The molecule has 3 aliphatic heterocycles. The van der Waals surface area contributed by atoms with Crippen molar-refractivity contribution in [2.24, 2.45) is 0 Å². The number of hydrogen-bond acceptors (Lipinski definition) is 4. The maximum Gasteiger partial charge on any atom is 0.0941 e. The summed E-state index contributed by atoms with van der Waals surface area (Å²) >= 11 is 0. The Kier molecular flexibility index (Phi) is 5.70. The van der Waals surface area contributed by atoms with E-state index in [1.165, 1.54) is 55.7 Å². The minimum absolute atomic E-state index is 0.845. The van der Waals surface area contributed by atoms with Gasteiger partial charge in [0.2, 0.25) is 0 Å². The van der Waals surface area contributed by atoms with Crippen molar-refractivity contribution in [3.63, 3.8) is 0 Å². The van der Waals surface area contributed by atoms with E-state index in [1.807, 2.05) is 0 Å². The first-order chi connectivity index (χ1) is 17.5. The summed E-state index contributed by atoms with van der Waals surface area (Å²) in [4.78, 5) is 20.5. The van der Waals surface area contributed by atoms with E-state index < -0.39 is 0 Å². The Labute approximate surface area is 213 Å². The molecule has 0 unspecified atom stereocenters. The van der Waals surface area contributed by atoms with Gasteiger partial charge in [0.15, 0.2) is 0 Å². The van der Waals surface area contributed by atoms with Crippen LogP contribution < -0.4 is 10.7 Å². The Morgan fingerprint density at radius 3 is 2.08 bits per heavy atom. The van der Waals surface area contributed by atoms with Gasteiger partial charge in [-0.3, -0.25) is 0 Å². The number of fused-ring (bicyclic) bond motifs is 10. The number of aromatic amines is 3. The molecule has 0 saturated heterocycles. The first kappa shape index (κ1) is 22.7. The van der Waals surface area contributed by atoms with Crippen LogP contribution in [-0.4, -0.2) is 47.9 Å². The van der Waals surface area contributed by atoms with Gasteiger partial charge < -0.3 is 34.6 Å². The van der Waals surface area contributed by atoms with Crippen LogP contribution in [0.15, 0.2) is 36.9 Å². The van der Waals surface area contributed by atoms with E-state index in [1.54, 1.807) is 0 Å². The number of rotatable bonds is 2. The van der Waals surface area contributed by atoms with Crippen LogP contribution in [0, 0.1) is 13.8 Å². The molecule has 7 nitrogen and oxygen atoms in total. The fourth-order valence-corrected chi connectivity index (χ4v) is 5.89. The van der Waals surface area contributed by atoms with Crippen molar-refractivity contribution >= 4 is 12.3 Å². The second kappa shape index (κ2) is 9.04. The Bertz CT molecular complexity index is 1450. The van der Waals surface area contributed by atoms with Crippen LogP contribution in [-0.2, 0) is 32.5 Å². The largest absolute Gasteiger partial charge is 0.359 e. The van der Waals surface area contributed by atoms with Crippen molar-refractivity contribution in [1.82, 2.24) is 34.6 Å². The monoisotopic (exact) mass is 483 g/mol. The predicted octanol–water partition coefficient (Wildman–Crippen LogP) is 3.29. The minimum atomic E-state index is 0.845. The molecular weight excluding hydrogens is 446 g/mol. The van der Waals surface area contributed by atoms with Crippen molar-refractivity contribution in [3.8, 4) is 0 Å². The molecule has 0 aliphatic carbocycles. The van der Waals surface area contributed by atoms with Gasteiger partial charge in [-0.2, -0.15) is 0 Å². The van der Waals surface area contributed by atoms with Crippen LogP contribution in [0.2, 0.25) is 0 Å². The molecule has 0 fully saturated rings. The number of nitrogens with zero attached hydrogens (tertiary/aromatic N) is 4. The standard InChI is InChI=1S/C29H37N7/c1-5-24-20(3)26-13-27-21(4)25(6-2)29(32-27)17-36-12-10-34(19-36)15-23-8-7-22(30-23)14-33-9-11-35(18-33)16-28(24)31-26/h7-13,16,30-32H,5-6,14-15,17-19H2,1-4H3. The SMILES string of the molecule is CCc1c2[nH]c(c1C)C=c1[nH]c(c(CC)c1C)=CN1C=CN(Cc3ccc([nH]3)CN3C=CN(C2)C3)C1. The molecule has 0 saturated carbocycles. The lowest BCUT2D eigenvalue weighted by atomic mass is 10.1. The molecule has 3 aromatic rings. The van der Waals surface area contributed by atoms with Crippen molar-refractivity contribution in [2.45, 2.75) is 60.2 Å². The number of aromatic nitrogens is 3. The Morgan fingerprint density at radius 2 is 1.36 bits per heavy atom. The fraction of sp³-hybridized carbons (Fsp3) is 0.379. The summed E-state index contributed by atoms with van der Waals surface area (Å²) in [6.45, 7) is 13.4. The predicted molar refractivity (Wildman–Crippen MR) is 144 cm³/mol. The molecule has 7 heteroatoms. The van der Waals surface area contributed by atoms with Gasteiger partial charge in [0.05, 0.1) is 38.3 Å². The number of nitrogens with one attached hydrogen (secondary N) is 3. The molecule has 6 rings (SSSR count). The van der Waals surface area contributed by atoms with Gasteiger partial charge in [0.1, 0.15) is 0 Å². The van der Waals surface area contributed by atoms with Crippen LogP contribution in [0.25, 0.3) is 12.3 Å². The second-order valence-electron chi connectivity index (χ2n) is 10.3. The number of hydrogen-bond donors (Lipinski definition) is 3. The van der Waals surface area contributed by atoms with E-state index in [4.69, 9.17) is 0 Å². The summed E-state index contributed by atoms with van der Waals surface area (Å²) in [5.41, 5.74) is 10.5. The lowest BCUT2D eigenvalue weighted by Gasteiger charge is -2.21. The van der Waals surface area contributed by atoms with Crippen LogP contribution in [0.4, 0.5) is 0 Å². The van der Waals surface area contributed by atoms with Crippen LogP contribution in [0.1, 0.15) is 58.9 Å². The van der Waals surface area contributed by atoms with Gasteiger partial charge in [-0.05, 0) is 67.2 Å². The summed E-state index contributed by atoms with van der Waals surface area (Å²) in [6, 6.07) is 4.44. The highest BCUT2D eigenvalue weighted by Gasteiger charge is 2.19. The van der Waals surface area contributed by atoms with Gasteiger partial charge in [-0.25, -0.2) is 0 Å². The zero-order chi connectivity index (χ0) is 24.8. The van der Waals surface area contributed by atoms with Crippen molar-refractivity contribution in [1.29, 1.82) is 0 Å². The van der Waals surface area contributed by atoms with Gasteiger partial charge in [0.25, 0.3) is 0 Å². The maximum absolute atomic E-state index is 3.78. The molecule has 0 atom stereocenters. The van der Waals surface area contributed by atoms with Crippen molar-refractivity contribution in [2.75, 3.05) is 13.3 Å². The lowest BCUT2D eigenvalue weighted by Crippen LogP contribution is -2.25. The van der Waals surface area contributed by atoms with Crippen LogP contribution in [0.3, 0.4) is 0 Å². The molecule has 36 heavy (non-hydrogen) atoms. The molecule has 3 aliphatic rings. The zero-order valence-corrected chi connectivity index (χ0v) is 21.9. The molecule has 188 valence electrons. The average Bonchev–Trinajstić information content (AvgIpc) is 3.67. The van der Waals surface area contributed by atoms with E-state index in [2.05, 4.69) is 111 Å². The Hall–Kier alpha value is -3.74. The summed E-state index contributed by atoms with van der Waals surface area (Å²) < 4.78 is 0. The first-order valence-electron chi connectivity index (χ1n) is 13.1. The van der Waals surface area contributed by atoms with E-state index in [-0.39, 0.29) is 0 Å². The summed E-state index contributed by atoms with van der Waals surface area (Å²) in [7, 11) is 0. The normalized spacial score (nSPS) is 17.1. The summed E-state index contributed by atoms with van der Waals surface area (Å²) in [5, 5.41) is 2.39. The quantitative estimate of drug-likeness (QED) is 0.524. The topological polar surface area (TPSA) is 60.3 Å². The van der Waals surface area contributed by atoms with Crippen molar-refractivity contribution in [3.05, 3.63) is 92.7 Å². The highest BCUT2D eigenvalue weighted by molar-refractivity contribution is 5.55. The van der Waals surface area contributed by atoms with E-state index in [0.717, 1.165) is 45.8 Å². The lowest BCUT2D eigenvalue weighted by molar-refractivity contribution is 0.251. The van der Waals surface area contributed by atoms with Gasteiger partial charge >= 0.3 is 0 Å². The molecule has 0 radical (unpaired) electrons. The Morgan fingerprint density at radius 1 is 0.694 bits per heavy atom. The van der Waals surface area contributed by atoms with Gasteiger partial charge in [-0.1, -0.05) is 13.8 Å². The van der Waals surface area contributed by atoms with Gasteiger partial charge in [-0.15, -0.1) is 0 Å². The fourth-order valence-electron chi connectivity index (χ4n) is 5.89. The summed E-state index contributed by atoms with van der Waals surface area (Å²) in [5.74, 6) is 0. The van der Waals surface area contributed by atoms with Crippen LogP contribution in [0.5, 0.6) is 0 Å². The number of H-pyrrole nitrogens is 3. The molecule has 10 bridgehead atoms. The van der Waals surface area contributed by atoms with Gasteiger partial charge in [0, 0.05) is 59.1 Å².